The lowest BCUT2D eigenvalue weighted by atomic mass is 10.2. The van der Waals surface area contributed by atoms with Crippen molar-refractivity contribution >= 4 is 16.9 Å². The Balaban J connectivity index is 1.85. The molecule has 0 fully saturated rings. The van der Waals surface area contributed by atoms with Crippen LogP contribution in [0.25, 0.3) is 11.0 Å². The van der Waals surface area contributed by atoms with Crippen LogP contribution in [0.5, 0.6) is 0 Å². The van der Waals surface area contributed by atoms with Gasteiger partial charge in [-0.05, 0) is 17.7 Å². The molecule has 0 N–H and O–H groups in total. The summed E-state index contributed by atoms with van der Waals surface area (Å²) >= 11 is 0. The summed E-state index contributed by atoms with van der Waals surface area (Å²) < 4.78 is 5.14. The van der Waals surface area contributed by atoms with Crippen LogP contribution >= 0.6 is 0 Å². The molecule has 122 valence electrons. The molecule has 0 radical (unpaired) electrons. The SMILES string of the molecule is COCCN(Cc1ccccc1)C(=O)c1cnc2ccccc2n1. The van der Waals surface area contributed by atoms with E-state index in [0.29, 0.717) is 25.4 Å². The topological polar surface area (TPSA) is 55.3 Å². The second kappa shape index (κ2) is 7.66. The summed E-state index contributed by atoms with van der Waals surface area (Å²) in [5, 5.41) is 0. The Morgan fingerprint density at radius 2 is 1.75 bits per heavy atom. The third kappa shape index (κ3) is 3.75. The molecule has 2 aromatic carbocycles. The van der Waals surface area contributed by atoms with Gasteiger partial charge in [0.1, 0.15) is 5.69 Å². The predicted molar refractivity (Wildman–Crippen MR) is 92.6 cm³/mol. The lowest BCUT2D eigenvalue weighted by Gasteiger charge is -2.22. The van der Waals surface area contributed by atoms with Crippen LogP contribution in [-0.2, 0) is 11.3 Å². The molecule has 24 heavy (non-hydrogen) atoms. The third-order valence-electron chi connectivity index (χ3n) is 3.74. The molecular formula is C19H19N3O2. The maximum absolute atomic E-state index is 12.9. The first-order valence-corrected chi connectivity index (χ1v) is 7.82. The number of methoxy groups -OCH3 is 1. The van der Waals surface area contributed by atoms with Gasteiger partial charge in [0.05, 0.1) is 23.8 Å². The first-order chi connectivity index (χ1) is 11.8. The number of benzene rings is 2. The van der Waals surface area contributed by atoms with Crippen molar-refractivity contribution in [2.75, 3.05) is 20.3 Å². The monoisotopic (exact) mass is 321 g/mol. The van der Waals surface area contributed by atoms with Gasteiger partial charge < -0.3 is 9.64 Å². The highest BCUT2D eigenvalue weighted by molar-refractivity contribution is 5.93. The normalized spacial score (nSPS) is 10.7. The third-order valence-corrected chi connectivity index (χ3v) is 3.74. The van der Waals surface area contributed by atoms with E-state index in [4.69, 9.17) is 4.74 Å². The van der Waals surface area contributed by atoms with Crippen molar-refractivity contribution in [2.24, 2.45) is 0 Å². The number of nitrogens with zero attached hydrogens (tertiary/aromatic N) is 3. The molecule has 1 heterocycles. The number of amides is 1. The summed E-state index contributed by atoms with van der Waals surface area (Å²) in [6, 6.07) is 17.4. The lowest BCUT2D eigenvalue weighted by Crippen LogP contribution is -2.34. The van der Waals surface area contributed by atoms with Gasteiger partial charge in [-0.1, -0.05) is 42.5 Å². The van der Waals surface area contributed by atoms with Crippen LogP contribution < -0.4 is 0 Å². The van der Waals surface area contributed by atoms with Gasteiger partial charge in [0.15, 0.2) is 0 Å². The number of rotatable bonds is 6. The molecule has 0 aliphatic rings. The number of carbonyl (C=O) groups is 1. The van der Waals surface area contributed by atoms with E-state index in [1.807, 2.05) is 54.6 Å². The van der Waals surface area contributed by atoms with E-state index in [9.17, 15) is 4.79 Å². The Morgan fingerprint density at radius 3 is 2.50 bits per heavy atom. The molecule has 3 aromatic rings. The molecule has 1 amide bonds. The second-order valence-electron chi connectivity index (χ2n) is 5.45. The molecule has 0 saturated heterocycles. The van der Waals surface area contributed by atoms with Crippen molar-refractivity contribution in [3.8, 4) is 0 Å². The van der Waals surface area contributed by atoms with E-state index < -0.39 is 0 Å². The minimum absolute atomic E-state index is 0.144. The van der Waals surface area contributed by atoms with Crippen molar-refractivity contribution in [3.05, 3.63) is 72.1 Å². The van der Waals surface area contributed by atoms with E-state index in [1.165, 1.54) is 6.20 Å². The van der Waals surface area contributed by atoms with E-state index in [-0.39, 0.29) is 5.91 Å². The summed E-state index contributed by atoms with van der Waals surface area (Å²) in [5.74, 6) is -0.144. The summed E-state index contributed by atoms with van der Waals surface area (Å²) in [5.41, 5.74) is 2.91. The average Bonchev–Trinajstić information content (AvgIpc) is 2.65. The fourth-order valence-electron chi connectivity index (χ4n) is 2.48. The summed E-state index contributed by atoms with van der Waals surface area (Å²) in [7, 11) is 1.63. The van der Waals surface area contributed by atoms with Crippen LogP contribution in [0.15, 0.2) is 60.8 Å². The van der Waals surface area contributed by atoms with Gasteiger partial charge >= 0.3 is 0 Å². The van der Waals surface area contributed by atoms with Crippen molar-refractivity contribution in [2.45, 2.75) is 6.54 Å². The quantitative estimate of drug-likeness (QED) is 0.700. The molecule has 0 aliphatic heterocycles. The first-order valence-electron chi connectivity index (χ1n) is 7.82. The van der Waals surface area contributed by atoms with Gasteiger partial charge in [-0.15, -0.1) is 0 Å². The van der Waals surface area contributed by atoms with Crippen LogP contribution in [-0.4, -0.2) is 41.0 Å². The van der Waals surface area contributed by atoms with Crippen LogP contribution in [0.4, 0.5) is 0 Å². The number of para-hydroxylation sites is 2. The van der Waals surface area contributed by atoms with Crippen LogP contribution in [0.2, 0.25) is 0 Å². The molecule has 5 nitrogen and oxygen atoms in total. The highest BCUT2D eigenvalue weighted by Gasteiger charge is 2.18. The van der Waals surface area contributed by atoms with E-state index in [2.05, 4.69) is 9.97 Å². The number of hydrogen-bond donors (Lipinski definition) is 0. The van der Waals surface area contributed by atoms with Crippen LogP contribution in [0, 0.1) is 0 Å². The maximum Gasteiger partial charge on any atom is 0.274 e. The highest BCUT2D eigenvalue weighted by atomic mass is 16.5. The molecule has 0 bridgehead atoms. The predicted octanol–water partition coefficient (Wildman–Crippen LogP) is 2.92. The Morgan fingerprint density at radius 1 is 1.04 bits per heavy atom. The average molecular weight is 321 g/mol. The van der Waals surface area contributed by atoms with Crippen molar-refractivity contribution in [1.82, 2.24) is 14.9 Å². The number of aromatic nitrogens is 2. The van der Waals surface area contributed by atoms with Gasteiger partial charge in [0, 0.05) is 20.2 Å². The molecule has 0 spiro atoms. The number of fused-ring (bicyclic) bond motifs is 1. The molecule has 0 atom stereocenters. The molecule has 0 saturated carbocycles. The zero-order valence-electron chi connectivity index (χ0n) is 13.6. The molecule has 1 aromatic heterocycles. The molecular weight excluding hydrogens is 302 g/mol. The lowest BCUT2D eigenvalue weighted by molar-refractivity contribution is 0.0674. The fraction of sp³-hybridized carbons (Fsp3) is 0.211. The van der Waals surface area contributed by atoms with Crippen molar-refractivity contribution in [3.63, 3.8) is 0 Å². The Hall–Kier alpha value is -2.79. The molecule has 0 aliphatic carbocycles. The van der Waals surface area contributed by atoms with Gasteiger partial charge in [0.25, 0.3) is 5.91 Å². The Kier molecular flexibility index (Phi) is 5.13. The van der Waals surface area contributed by atoms with Gasteiger partial charge in [-0.3, -0.25) is 9.78 Å². The standard InChI is InChI=1S/C19H19N3O2/c1-24-12-11-22(14-15-7-3-2-4-8-15)19(23)18-13-20-16-9-5-6-10-17(16)21-18/h2-10,13H,11-12,14H2,1H3. The van der Waals surface area contributed by atoms with E-state index >= 15 is 0 Å². The smallest absolute Gasteiger partial charge is 0.274 e. The first kappa shape index (κ1) is 16.1. The molecule has 5 heteroatoms. The summed E-state index contributed by atoms with van der Waals surface area (Å²) in [6.45, 7) is 1.48. The number of hydrogen-bond acceptors (Lipinski definition) is 4. The largest absolute Gasteiger partial charge is 0.383 e. The van der Waals surface area contributed by atoms with E-state index in [1.54, 1.807) is 12.0 Å². The van der Waals surface area contributed by atoms with Gasteiger partial charge in [-0.2, -0.15) is 0 Å². The minimum Gasteiger partial charge on any atom is -0.383 e. The summed E-state index contributed by atoms with van der Waals surface area (Å²) in [6.07, 6.45) is 1.54. The Bertz CT molecular complexity index is 821. The highest BCUT2D eigenvalue weighted by Crippen LogP contribution is 2.12. The Labute approximate surface area is 140 Å². The van der Waals surface area contributed by atoms with Crippen molar-refractivity contribution in [1.29, 1.82) is 0 Å². The van der Waals surface area contributed by atoms with Crippen LogP contribution in [0.1, 0.15) is 16.1 Å². The fourth-order valence-corrected chi connectivity index (χ4v) is 2.48. The zero-order chi connectivity index (χ0) is 16.8. The molecule has 3 rings (SSSR count). The van der Waals surface area contributed by atoms with Crippen LogP contribution in [0.3, 0.4) is 0 Å². The van der Waals surface area contributed by atoms with Gasteiger partial charge in [-0.25, -0.2) is 4.98 Å². The summed E-state index contributed by atoms with van der Waals surface area (Å²) in [4.78, 5) is 23.4. The minimum atomic E-state index is -0.144. The van der Waals surface area contributed by atoms with E-state index in [0.717, 1.165) is 16.6 Å². The van der Waals surface area contributed by atoms with Crippen molar-refractivity contribution < 1.29 is 9.53 Å². The number of carbonyl (C=O) groups excluding carboxylic acids is 1. The second-order valence-corrected chi connectivity index (χ2v) is 5.45. The van der Waals surface area contributed by atoms with Gasteiger partial charge in [0.2, 0.25) is 0 Å². The molecule has 0 unspecified atom stereocenters. The zero-order valence-corrected chi connectivity index (χ0v) is 13.6. The number of ether oxygens (including phenoxy) is 1. The maximum atomic E-state index is 12.9.